The lowest BCUT2D eigenvalue weighted by atomic mass is 10.1. The molecule has 0 aromatic heterocycles. The summed E-state index contributed by atoms with van der Waals surface area (Å²) in [6, 6.07) is 9.16. The van der Waals surface area contributed by atoms with Crippen LogP contribution in [0.5, 0.6) is 0 Å². The van der Waals surface area contributed by atoms with E-state index in [2.05, 4.69) is 48.0 Å². The molecule has 1 fully saturated rings. The van der Waals surface area contributed by atoms with E-state index in [-0.39, 0.29) is 0 Å². The molecule has 0 atom stereocenters. The topological polar surface area (TPSA) is 32.5 Å². The first-order chi connectivity index (χ1) is 8.65. The molecule has 3 heteroatoms. The minimum absolute atomic E-state index is 0.427. The second-order valence-corrected chi connectivity index (χ2v) is 5.44. The third-order valence-electron chi connectivity index (χ3n) is 3.86. The van der Waals surface area contributed by atoms with Crippen LogP contribution in [0, 0.1) is 6.92 Å². The fourth-order valence-electron chi connectivity index (χ4n) is 2.40. The van der Waals surface area contributed by atoms with E-state index in [1.165, 1.54) is 11.3 Å². The molecule has 100 valence electrons. The van der Waals surface area contributed by atoms with Gasteiger partial charge in [0.05, 0.1) is 0 Å². The van der Waals surface area contributed by atoms with Crippen LogP contribution < -0.4 is 10.6 Å². The number of rotatable bonds is 4. The summed E-state index contributed by atoms with van der Waals surface area (Å²) in [5, 5.41) is 0. The van der Waals surface area contributed by atoms with Crippen LogP contribution in [-0.4, -0.2) is 44.2 Å². The number of hydrogen-bond acceptors (Lipinski definition) is 3. The van der Waals surface area contributed by atoms with E-state index in [1.54, 1.807) is 0 Å². The summed E-state index contributed by atoms with van der Waals surface area (Å²) in [6.45, 7) is 6.65. The van der Waals surface area contributed by atoms with Crippen LogP contribution in [-0.2, 0) is 0 Å². The lowest BCUT2D eigenvalue weighted by molar-refractivity contribution is 0.218. The summed E-state index contributed by atoms with van der Waals surface area (Å²) in [4.78, 5) is 4.85. The Morgan fingerprint density at radius 1 is 1.22 bits per heavy atom. The minimum Gasteiger partial charge on any atom is -0.373 e. The summed E-state index contributed by atoms with van der Waals surface area (Å²) in [6.07, 6.45) is 2.29. The molecule has 2 N–H and O–H groups in total. The SMILES string of the molecule is Cc1ccc(N(C)CCN2CCC(N)CC2)cc1. The maximum atomic E-state index is 5.92. The first-order valence-corrected chi connectivity index (χ1v) is 6.91. The van der Waals surface area contributed by atoms with Crippen molar-refractivity contribution in [2.45, 2.75) is 25.8 Å². The van der Waals surface area contributed by atoms with Gasteiger partial charge in [-0.3, -0.25) is 0 Å². The molecule has 0 unspecified atom stereocenters. The first kappa shape index (κ1) is 13.4. The maximum Gasteiger partial charge on any atom is 0.0364 e. The molecule has 1 heterocycles. The van der Waals surface area contributed by atoms with E-state index in [1.807, 2.05) is 0 Å². The molecule has 0 bridgehead atoms. The zero-order chi connectivity index (χ0) is 13.0. The molecule has 0 radical (unpaired) electrons. The average Bonchev–Trinajstić information content (AvgIpc) is 2.38. The van der Waals surface area contributed by atoms with Crippen LogP contribution in [0.2, 0.25) is 0 Å². The van der Waals surface area contributed by atoms with Gasteiger partial charge in [-0.25, -0.2) is 0 Å². The van der Waals surface area contributed by atoms with Crippen molar-refractivity contribution in [1.29, 1.82) is 0 Å². The van der Waals surface area contributed by atoms with Gasteiger partial charge in [0.1, 0.15) is 0 Å². The van der Waals surface area contributed by atoms with Crippen molar-refractivity contribution >= 4 is 5.69 Å². The van der Waals surface area contributed by atoms with Crippen LogP contribution in [0.15, 0.2) is 24.3 Å². The summed E-state index contributed by atoms with van der Waals surface area (Å²) in [5.41, 5.74) is 8.54. The van der Waals surface area contributed by atoms with Gasteiger partial charge in [-0.1, -0.05) is 17.7 Å². The number of nitrogens with zero attached hydrogens (tertiary/aromatic N) is 2. The van der Waals surface area contributed by atoms with Gasteiger partial charge in [0.15, 0.2) is 0 Å². The fourth-order valence-corrected chi connectivity index (χ4v) is 2.40. The number of nitrogens with two attached hydrogens (primary N) is 1. The van der Waals surface area contributed by atoms with Gasteiger partial charge < -0.3 is 15.5 Å². The normalized spacial score (nSPS) is 17.9. The highest BCUT2D eigenvalue weighted by atomic mass is 15.2. The second kappa shape index (κ2) is 6.21. The Labute approximate surface area is 111 Å². The first-order valence-electron chi connectivity index (χ1n) is 6.91. The van der Waals surface area contributed by atoms with Gasteiger partial charge in [0, 0.05) is 31.9 Å². The lowest BCUT2D eigenvalue weighted by Crippen LogP contribution is -2.42. The van der Waals surface area contributed by atoms with Crippen molar-refractivity contribution in [2.24, 2.45) is 5.73 Å². The maximum absolute atomic E-state index is 5.92. The van der Waals surface area contributed by atoms with Crippen LogP contribution >= 0.6 is 0 Å². The molecule has 18 heavy (non-hydrogen) atoms. The molecule has 0 spiro atoms. The molecule has 0 saturated carbocycles. The molecule has 1 aromatic carbocycles. The van der Waals surface area contributed by atoms with E-state index >= 15 is 0 Å². The van der Waals surface area contributed by atoms with Crippen molar-refractivity contribution in [3.05, 3.63) is 29.8 Å². The number of benzene rings is 1. The van der Waals surface area contributed by atoms with Crippen LogP contribution in [0.4, 0.5) is 5.69 Å². The summed E-state index contributed by atoms with van der Waals surface area (Å²) in [7, 11) is 2.17. The number of likely N-dealkylation sites (tertiary alicyclic amines) is 1. The van der Waals surface area contributed by atoms with Crippen molar-refractivity contribution in [3.8, 4) is 0 Å². The molecule has 2 rings (SSSR count). The Balaban J connectivity index is 1.77. The molecule has 0 aliphatic carbocycles. The number of piperidine rings is 1. The van der Waals surface area contributed by atoms with Gasteiger partial charge in [-0.05, 0) is 45.0 Å². The highest BCUT2D eigenvalue weighted by Crippen LogP contribution is 2.14. The molecular formula is C15H25N3. The van der Waals surface area contributed by atoms with Gasteiger partial charge in [-0.2, -0.15) is 0 Å². The van der Waals surface area contributed by atoms with Crippen molar-refractivity contribution < 1.29 is 0 Å². The van der Waals surface area contributed by atoms with Crippen LogP contribution in [0.25, 0.3) is 0 Å². The fraction of sp³-hybridized carbons (Fsp3) is 0.600. The zero-order valence-electron chi connectivity index (χ0n) is 11.6. The summed E-state index contributed by atoms with van der Waals surface area (Å²) >= 11 is 0. The van der Waals surface area contributed by atoms with E-state index in [0.717, 1.165) is 39.0 Å². The quantitative estimate of drug-likeness (QED) is 0.881. The molecule has 1 saturated heterocycles. The molecule has 0 amide bonds. The molecule has 1 aromatic rings. The Morgan fingerprint density at radius 2 is 1.83 bits per heavy atom. The predicted molar refractivity (Wildman–Crippen MR) is 78.1 cm³/mol. The third-order valence-corrected chi connectivity index (χ3v) is 3.86. The van der Waals surface area contributed by atoms with Crippen LogP contribution in [0.3, 0.4) is 0 Å². The van der Waals surface area contributed by atoms with Crippen molar-refractivity contribution in [1.82, 2.24) is 4.90 Å². The third kappa shape index (κ3) is 3.72. The Hall–Kier alpha value is -1.06. The molecule has 1 aliphatic rings. The van der Waals surface area contributed by atoms with Gasteiger partial charge in [0.2, 0.25) is 0 Å². The Bertz CT molecular complexity index is 353. The van der Waals surface area contributed by atoms with E-state index in [9.17, 15) is 0 Å². The lowest BCUT2D eigenvalue weighted by Gasteiger charge is -2.31. The second-order valence-electron chi connectivity index (χ2n) is 5.44. The summed E-state index contributed by atoms with van der Waals surface area (Å²) in [5.74, 6) is 0. The van der Waals surface area contributed by atoms with Crippen LogP contribution in [0.1, 0.15) is 18.4 Å². The standard InChI is InChI=1S/C15H25N3/c1-13-3-5-15(6-4-13)17(2)11-12-18-9-7-14(16)8-10-18/h3-6,14H,7-12,16H2,1-2H3. The Kier molecular flexibility index (Phi) is 4.61. The highest BCUT2D eigenvalue weighted by molar-refractivity contribution is 5.46. The van der Waals surface area contributed by atoms with Crippen molar-refractivity contribution in [2.75, 3.05) is 38.1 Å². The van der Waals surface area contributed by atoms with Gasteiger partial charge in [0.25, 0.3) is 0 Å². The summed E-state index contributed by atoms with van der Waals surface area (Å²) < 4.78 is 0. The number of anilines is 1. The Morgan fingerprint density at radius 3 is 2.44 bits per heavy atom. The molecule has 3 nitrogen and oxygen atoms in total. The monoisotopic (exact) mass is 247 g/mol. The smallest absolute Gasteiger partial charge is 0.0364 e. The van der Waals surface area contributed by atoms with E-state index in [4.69, 9.17) is 5.73 Å². The number of likely N-dealkylation sites (N-methyl/N-ethyl adjacent to an activating group) is 1. The molecular weight excluding hydrogens is 222 g/mol. The zero-order valence-corrected chi connectivity index (χ0v) is 11.6. The average molecular weight is 247 g/mol. The number of aryl methyl sites for hydroxylation is 1. The van der Waals surface area contributed by atoms with Gasteiger partial charge in [-0.15, -0.1) is 0 Å². The van der Waals surface area contributed by atoms with E-state index in [0.29, 0.717) is 6.04 Å². The molecule has 1 aliphatic heterocycles. The highest BCUT2D eigenvalue weighted by Gasteiger charge is 2.15. The number of hydrogen-bond donors (Lipinski definition) is 1. The predicted octanol–water partition coefficient (Wildman–Crippen LogP) is 1.85. The van der Waals surface area contributed by atoms with Crippen molar-refractivity contribution in [3.63, 3.8) is 0 Å². The van der Waals surface area contributed by atoms with Gasteiger partial charge >= 0.3 is 0 Å². The minimum atomic E-state index is 0.427. The van der Waals surface area contributed by atoms with E-state index < -0.39 is 0 Å². The largest absolute Gasteiger partial charge is 0.373 e.